The molecule has 0 saturated carbocycles. The molecule has 156 valence electrons. The molecule has 0 unspecified atom stereocenters. The van der Waals surface area contributed by atoms with Gasteiger partial charge in [-0.2, -0.15) is 4.31 Å². The Bertz CT molecular complexity index is 967. The van der Waals surface area contributed by atoms with Crippen molar-refractivity contribution in [2.24, 2.45) is 0 Å². The van der Waals surface area contributed by atoms with Crippen molar-refractivity contribution in [2.45, 2.75) is 44.6 Å². The molecule has 0 aromatic heterocycles. The molecule has 29 heavy (non-hydrogen) atoms. The molecule has 0 bridgehead atoms. The van der Waals surface area contributed by atoms with Crippen LogP contribution in [0, 0.1) is 6.92 Å². The van der Waals surface area contributed by atoms with E-state index < -0.39 is 10.0 Å². The van der Waals surface area contributed by atoms with Crippen LogP contribution in [0.4, 0.5) is 0 Å². The summed E-state index contributed by atoms with van der Waals surface area (Å²) in [6, 6.07) is 12.4. The summed E-state index contributed by atoms with van der Waals surface area (Å²) >= 11 is 0. The van der Waals surface area contributed by atoms with Gasteiger partial charge in [-0.05, 0) is 62.1 Å². The van der Waals surface area contributed by atoms with Crippen LogP contribution in [-0.2, 0) is 16.6 Å². The summed E-state index contributed by atoms with van der Waals surface area (Å²) in [5, 5.41) is 2.86. The Morgan fingerprint density at radius 3 is 2.59 bits per heavy atom. The first-order chi connectivity index (χ1) is 13.9. The maximum atomic E-state index is 13.0. The zero-order chi connectivity index (χ0) is 20.9. The SMILES string of the molecule is CCOc1cccc(CNC(=O)c2ccc(C)c(S(=O)(=O)N3CCCCC3)c2)c1. The number of sulfonamides is 1. The van der Waals surface area contributed by atoms with E-state index in [1.807, 2.05) is 31.2 Å². The van der Waals surface area contributed by atoms with E-state index in [1.165, 1.54) is 10.4 Å². The van der Waals surface area contributed by atoms with E-state index in [-0.39, 0.29) is 10.8 Å². The summed E-state index contributed by atoms with van der Waals surface area (Å²) in [7, 11) is -3.59. The Morgan fingerprint density at radius 2 is 1.86 bits per heavy atom. The average molecular weight is 417 g/mol. The fourth-order valence-electron chi connectivity index (χ4n) is 3.46. The van der Waals surface area contributed by atoms with Gasteiger partial charge in [-0.1, -0.05) is 24.6 Å². The Kier molecular flexibility index (Phi) is 6.92. The molecule has 1 aliphatic rings. The lowest BCUT2D eigenvalue weighted by molar-refractivity contribution is 0.0950. The molecule has 1 aliphatic heterocycles. The number of nitrogens with zero attached hydrogens (tertiary/aromatic N) is 1. The molecule has 1 amide bonds. The quantitative estimate of drug-likeness (QED) is 0.750. The third-order valence-electron chi connectivity index (χ3n) is 5.05. The maximum absolute atomic E-state index is 13.0. The third kappa shape index (κ3) is 5.16. The number of hydrogen-bond donors (Lipinski definition) is 1. The van der Waals surface area contributed by atoms with Crippen molar-refractivity contribution in [1.29, 1.82) is 0 Å². The summed E-state index contributed by atoms with van der Waals surface area (Å²) in [5.74, 6) is 0.450. The van der Waals surface area contributed by atoms with Gasteiger partial charge in [-0.15, -0.1) is 0 Å². The normalized spacial score (nSPS) is 15.1. The Labute approximate surface area is 172 Å². The maximum Gasteiger partial charge on any atom is 0.251 e. The first-order valence-electron chi connectivity index (χ1n) is 10.0. The highest BCUT2D eigenvalue weighted by Crippen LogP contribution is 2.24. The van der Waals surface area contributed by atoms with Crippen LogP contribution in [0.3, 0.4) is 0 Å². The van der Waals surface area contributed by atoms with E-state index in [0.717, 1.165) is 30.6 Å². The monoisotopic (exact) mass is 416 g/mol. The van der Waals surface area contributed by atoms with Crippen LogP contribution < -0.4 is 10.1 Å². The molecule has 0 aliphatic carbocycles. The minimum absolute atomic E-state index is 0.213. The van der Waals surface area contributed by atoms with Gasteiger partial charge in [0.2, 0.25) is 10.0 Å². The number of piperidine rings is 1. The first kappa shape index (κ1) is 21.3. The van der Waals surface area contributed by atoms with Crippen molar-refractivity contribution >= 4 is 15.9 Å². The zero-order valence-corrected chi connectivity index (χ0v) is 17.8. The van der Waals surface area contributed by atoms with Crippen molar-refractivity contribution in [3.05, 3.63) is 59.2 Å². The highest BCUT2D eigenvalue weighted by Gasteiger charge is 2.28. The van der Waals surface area contributed by atoms with Crippen LogP contribution in [-0.4, -0.2) is 38.3 Å². The molecular weight excluding hydrogens is 388 g/mol. The van der Waals surface area contributed by atoms with Crippen molar-refractivity contribution < 1.29 is 17.9 Å². The number of hydrogen-bond acceptors (Lipinski definition) is 4. The smallest absolute Gasteiger partial charge is 0.251 e. The van der Waals surface area contributed by atoms with E-state index in [1.54, 1.807) is 19.1 Å². The second-order valence-electron chi connectivity index (χ2n) is 7.21. The largest absolute Gasteiger partial charge is 0.494 e. The molecule has 1 N–H and O–H groups in total. The second-order valence-corrected chi connectivity index (χ2v) is 9.11. The van der Waals surface area contributed by atoms with E-state index >= 15 is 0 Å². The van der Waals surface area contributed by atoms with Crippen LogP contribution in [0.2, 0.25) is 0 Å². The van der Waals surface area contributed by atoms with Crippen LogP contribution >= 0.6 is 0 Å². The molecule has 3 rings (SSSR count). The molecule has 7 heteroatoms. The van der Waals surface area contributed by atoms with Gasteiger partial charge in [0.1, 0.15) is 5.75 Å². The molecular formula is C22H28N2O4S. The summed E-state index contributed by atoms with van der Waals surface area (Å²) in [6.07, 6.45) is 2.80. The fourth-order valence-corrected chi connectivity index (χ4v) is 5.23. The van der Waals surface area contributed by atoms with Crippen molar-refractivity contribution in [2.75, 3.05) is 19.7 Å². The summed E-state index contributed by atoms with van der Waals surface area (Å²) in [6.45, 7) is 5.66. The Balaban J connectivity index is 1.75. The summed E-state index contributed by atoms with van der Waals surface area (Å²) < 4.78 is 33.1. The molecule has 0 spiro atoms. The lowest BCUT2D eigenvalue weighted by Crippen LogP contribution is -2.36. The highest BCUT2D eigenvalue weighted by molar-refractivity contribution is 7.89. The molecule has 0 atom stereocenters. The first-order valence-corrected chi connectivity index (χ1v) is 11.5. The predicted octanol–water partition coefficient (Wildman–Crippen LogP) is 3.50. The number of carbonyl (C=O) groups excluding carboxylic acids is 1. The topological polar surface area (TPSA) is 75.7 Å². The minimum atomic E-state index is -3.59. The van der Waals surface area contributed by atoms with E-state index in [2.05, 4.69) is 5.32 Å². The van der Waals surface area contributed by atoms with Gasteiger partial charge in [0, 0.05) is 25.2 Å². The van der Waals surface area contributed by atoms with E-state index in [0.29, 0.717) is 37.4 Å². The lowest BCUT2D eigenvalue weighted by atomic mass is 10.1. The molecule has 2 aromatic rings. The summed E-state index contributed by atoms with van der Waals surface area (Å²) in [4.78, 5) is 12.9. The lowest BCUT2D eigenvalue weighted by Gasteiger charge is -2.26. The van der Waals surface area contributed by atoms with Crippen molar-refractivity contribution in [1.82, 2.24) is 9.62 Å². The van der Waals surface area contributed by atoms with Gasteiger partial charge in [-0.25, -0.2) is 8.42 Å². The number of ether oxygens (including phenoxy) is 1. The standard InChI is InChI=1S/C22H28N2O4S/c1-3-28-20-9-7-8-18(14-20)16-23-22(25)19-11-10-17(2)21(15-19)29(26,27)24-12-5-4-6-13-24/h7-11,14-15H,3-6,12-13,16H2,1-2H3,(H,23,25). The molecule has 6 nitrogen and oxygen atoms in total. The number of carbonyl (C=O) groups is 1. The molecule has 1 heterocycles. The van der Waals surface area contributed by atoms with Gasteiger partial charge < -0.3 is 10.1 Å². The molecule has 1 fully saturated rings. The average Bonchev–Trinajstić information content (AvgIpc) is 2.73. The second kappa shape index (κ2) is 9.41. The Hall–Kier alpha value is -2.38. The predicted molar refractivity (Wildman–Crippen MR) is 113 cm³/mol. The van der Waals surface area contributed by atoms with Crippen LogP contribution in [0.1, 0.15) is 47.7 Å². The number of aryl methyl sites for hydroxylation is 1. The molecule has 1 saturated heterocycles. The van der Waals surface area contributed by atoms with Crippen LogP contribution in [0.15, 0.2) is 47.4 Å². The number of rotatable bonds is 7. The van der Waals surface area contributed by atoms with Crippen LogP contribution in [0.5, 0.6) is 5.75 Å². The van der Waals surface area contributed by atoms with Gasteiger partial charge in [0.15, 0.2) is 0 Å². The fraction of sp³-hybridized carbons (Fsp3) is 0.409. The van der Waals surface area contributed by atoms with Gasteiger partial charge >= 0.3 is 0 Å². The van der Waals surface area contributed by atoms with Gasteiger partial charge in [0.25, 0.3) is 5.91 Å². The van der Waals surface area contributed by atoms with Crippen molar-refractivity contribution in [3.63, 3.8) is 0 Å². The summed E-state index contributed by atoms with van der Waals surface area (Å²) in [5.41, 5.74) is 1.90. The van der Waals surface area contributed by atoms with Gasteiger partial charge in [0.05, 0.1) is 11.5 Å². The minimum Gasteiger partial charge on any atom is -0.494 e. The van der Waals surface area contributed by atoms with Crippen LogP contribution in [0.25, 0.3) is 0 Å². The third-order valence-corrected chi connectivity index (χ3v) is 7.09. The molecule has 2 aromatic carbocycles. The Morgan fingerprint density at radius 1 is 1.10 bits per heavy atom. The number of amides is 1. The van der Waals surface area contributed by atoms with E-state index in [9.17, 15) is 13.2 Å². The zero-order valence-electron chi connectivity index (χ0n) is 17.0. The van der Waals surface area contributed by atoms with Gasteiger partial charge in [-0.3, -0.25) is 4.79 Å². The van der Waals surface area contributed by atoms with Crippen molar-refractivity contribution in [3.8, 4) is 5.75 Å². The highest BCUT2D eigenvalue weighted by atomic mass is 32.2. The number of nitrogens with one attached hydrogen (secondary N) is 1. The molecule has 0 radical (unpaired) electrons. The number of benzene rings is 2. The van der Waals surface area contributed by atoms with E-state index in [4.69, 9.17) is 4.74 Å².